The van der Waals surface area contributed by atoms with Crippen molar-refractivity contribution in [2.45, 2.75) is 6.92 Å². The zero-order valence-corrected chi connectivity index (χ0v) is 12.1. The number of nitrogens with zero attached hydrogens (tertiary/aromatic N) is 1. The highest BCUT2D eigenvalue weighted by Crippen LogP contribution is 2.31. The van der Waals surface area contributed by atoms with Crippen molar-refractivity contribution in [1.29, 1.82) is 0 Å². The van der Waals surface area contributed by atoms with Crippen LogP contribution in [0, 0.1) is 6.92 Å². The summed E-state index contributed by atoms with van der Waals surface area (Å²) in [6.07, 6.45) is 0. The molecule has 0 N–H and O–H groups in total. The zero-order valence-electron chi connectivity index (χ0n) is 11.4. The van der Waals surface area contributed by atoms with E-state index >= 15 is 0 Å². The highest BCUT2D eigenvalue weighted by Gasteiger charge is 2.07. The van der Waals surface area contributed by atoms with Crippen molar-refractivity contribution in [2.24, 2.45) is 0 Å². The third-order valence-corrected chi connectivity index (χ3v) is 3.54. The van der Waals surface area contributed by atoms with Crippen molar-refractivity contribution in [1.82, 2.24) is 4.98 Å². The molecule has 0 amide bonds. The summed E-state index contributed by atoms with van der Waals surface area (Å²) in [6, 6.07) is 16.0. The second kappa shape index (κ2) is 5.14. The van der Waals surface area contributed by atoms with Crippen molar-refractivity contribution < 1.29 is 4.74 Å². The molecule has 20 heavy (non-hydrogen) atoms. The van der Waals surface area contributed by atoms with Gasteiger partial charge >= 0.3 is 0 Å². The lowest BCUT2D eigenvalue weighted by Gasteiger charge is -2.09. The Kier molecular flexibility index (Phi) is 3.33. The Morgan fingerprint density at radius 1 is 1.00 bits per heavy atom. The lowest BCUT2D eigenvalue weighted by Crippen LogP contribution is -1.89. The molecule has 0 aliphatic heterocycles. The number of methoxy groups -OCH3 is 1. The SMILES string of the molecule is COc1ccc(-c2cc(C)nc3cc(Cl)ccc23)cc1. The van der Waals surface area contributed by atoms with Gasteiger partial charge in [0, 0.05) is 16.1 Å². The number of hydrogen-bond donors (Lipinski definition) is 0. The summed E-state index contributed by atoms with van der Waals surface area (Å²) < 4.78 is 5.20. The van der Waals surface area contributed by atoms with E-state index in [1.807, 2.05) is 37.3 Å². The van der Waals surface area contributed by atoms with E-state index in [2.05, 4.69) is 23.2 Å². The number of fused-ring (bicyclic) bond motifs is 1. The van der Waals surface area contributed by atoms with Crippen LogP contribution in [0.4, 0.5) is 0 Å². The maximum atomic E-state index is 6.05. The van der Waals surface area contributed by atoms with Gasteiger partial charge in [-0.15, -0.1) is 0 Å². The van der Waals surface area contributed by atoms with E-state index in [4.69, 9.17) is 16.3 Å². The summed E-state index contributed by atoms with van der Waals surface area (Å²) in [4.78, 5) is 4.55. The maximum absolute atomic E-state index is 6.05. The van der Waals surface area contributed by atoms with Gasteiger partial charge < -0.3 is 4.74 Å². The first-order valence-corrected chi connectivity index (χ1v) is 6.76. The molecule has 100 valence electrons. The fourth-order valence-corrected chi connectivity index (χ4v) is 2.51. The van der Waals surface area contributed by atoms with Gasteiger partial charge in [0.2, 0.25) is 0 Å². The molecule has 1 aromatic heterocycles. The Labute approximate surface area is 123 Å². The molecule has 3 rings (SSSR count). The van der Waals surface area contributed by atoms with E-state index < -0.39 is 0 Å². The van der Waals surface area contributed by atoms with Crippen molar-refractivity contribution in [3.05, 3.63) is 59.2 Å². The molecule has 0 saturated carbocycles. The molecule has 0 aliphatic rings. The molecule has 0 bridgehead atoms. The summed E-state index contributed by atoms with van der Waals surface area (Å²) in [5, 5.41) is 1.81. The van der Waals surface area contributed by atoms with E-state index in [-0.39, 0.29) is 0 Å². The molecule has 1 heterocycles. The highest BCUT2D eigenvalue weighted by molar-refractivity contribution is 6.31. The van der Waals surface area contributed by atoms with E-state index in [0.717, 1.165) is 33.5 Å². The van der Waals surface area contributed by atoms with Gasteiger partial charge in [0.05, 0.1) is 12.6 Å². The predicted molar refractivity (Wildman–Crippen MR) is 83.5 cm³/mol. The second-order valence-electron chi connectivity index (χ2n) is 4.70. The lowest BCUT2D eigenvalue weighted by molar-refractivity contribution is 0.415. The van der Waals surface area contributed by atoms with Crippen LogP contribution >= 0.6 is 11.6 Å². The molecule has 0 radical (unpaired) electrons. The molecule has 0 atom stereocenters. The molecule has 2 nitrogen and oxygen atoms in total. The second-order valence-corrected chi connectivity index (χ2v) is 5.14. The summed E-state index contributed by atoms with van der Waals surface area (Å²) in [5.74, 6) is 0.854. The number of hydrogen-bond acceptors (Lipinski definition) is 2. The number of pyridine rings is 1. The normalized spacial score (nSPS) is 10.8. The van der Waals surface area contributed by atoms with E-state index in [1.165, 1.54) is 0 Å². The Balaban J connectivity index is 2.23. The minimum Gasteiger partial charge on any atom is -0.497 e. The van der Waals surface area contributed by atoms with E-state index in [1.54, 1.807) is 7.11 Å². The molecule has 0 spiro atoms. The number of aryl methyl sites for hydroxylation is 1. The summed E-state index contributed by atoms with van der Waals surface area (Å²) in [5.41, 5.74) is 4.20. The van der Waals surface area contributed by atoms with Crippen molar-refractivity contribution in [2.75, 3.05) is 7.11 Å². The van der Waals surface area contributed by atoms with Crippen LogP contribution in [0.25, 0.3) is 22.0 Å². The van der Waals surface area contributed by atoms with Gasteiger partial charge in [0.1, 0.15) is 5.75 Å². The Morgan fingerprint density at radius 2 is 1.75 bits per heavy atom. The molecular weight excluding hydrogens is 270 g/mol. The van der Waals surface area contributed by atoms with Gasteiger partial charge in [-0.25, -0.2) is 0 Å². The van der Waals surface area contributed by atoms with Crippen LogP contribution in [0.15, 0.2) is 48.5 Å². The van der Waals surface area contributed by atoms with Gasteiger partial charge in [-0.05, 0) is 48.4 Å². The molecule has 3 heteroatoms. The monoisotopic (exact) mass is 283 g/mol. The molecular formula is C17H14ClNO. The topological polar surface area (TPSA) is 22.1 Å². The van der Waals surface area contributed by atoms with Crippen LogP contribution in [-0.2, 0) is 0 Å². The quantitative estimate of drug-likeness (QED) is 0.669. The van der Waals surface area contributed by atoms with Gasteiger partial charge in [0.15, 0.2) is 0 Å². The fraction of sp³-hybridized carbons (Fsp3) is 0.118. The number of benzene rings is 2. The van der Waals surface area contributed by atoms with Gasteiger partial charge in [-0.2, -0.15) is 0 Å². The lowest BCUT2D eigenvalue weighted by atomic mass is 10.0. The number of rotatable bonds is 2. The molecule has 0 saturated heterocycles. The van der Waals surface area contributed by atoms with Crippen molar-refractivity contribution in [3.8, 4) is 16.9 Å². The summed E-state index contributed by atoms with van der Waals surface area (Å²) >= 11 is 6.05. The average molecular weight is 284 g/mol. The van der Waals surface area contributed by atoms with Crippen LogP contribution in [0.5, 0.6) is 5.75 Å². The summed E-state index contributed by atoms with van der Waals surface area (Å²) in [7, 11) is 1.67. The smallest absolute Gasteiger partial charge is 0.118 e. The molecule has 3 aromatic rings. The van der Waals surface area contributed by atoms with Crippen molar-refractivity contribution in [3.63, 3.8) is 0 Å². The third kappa shape index (κ3) is 2.35. The number of aromatic nitrogens is 1. The Bertz CT molecular complexity index is 761. The first kappa shape index (κ1) is 12.9. The fourth-order valence-electron chi connectivity index (χ4n) is 2.34. The zero-order chi connectivity index (χ0) is 14.1. The van der Waals surface area contributed by atoms with Crippen LogP contribution in [0.2, 0.25) is 5.02 Å². The van der Waals surface area contributed by atoms with Crippen LogP contribution < -0.4 is 4.74 Å². The minimum absolute atomic E-state index is 0.705. The van der Waals surface area contributed by atoms with Crippen LogP contribution in [-0.4, -0.2) is 12.1 Å². The van der Waals surface area contributed by atoms with Gasteiger partial charge in [-0.1, -0.05) is 29.8 Å². The predicted octanol–water partition coefficient (Wildman–Crippen LogP) is 4.87. The summed E-state index contributed by atoms with van der Waals surface area (Å²) in [6.45, 7) is 1.99. The molecule has 0 aliphatic carbocycles. The number of ether oxygens (including phenoxy) is 1. The maximum Gasteiger partial charge on any atom is 0.118 e. The van der Waals surface area contributed by atoms with Crippen LogP contribution in [0.1, 0.15) is 5.69 Å². The van der Waals surface area contributed by atoms with E-state index in [0.29, 0.717) is 5.02 Å². The van der Waals surface area contributed by atoms with Gasteiger partial charge in [-0.3, -0.25) is 4.98 Å². The van der Waals surface area contributed by atoms with Crippen LogP contribution in [0.3, 0.4) is 0 Å². The standard InChI is InChI=1S/C17H14ClNO/c1-11-9-16(12-3-6-14(20-2)7-4-12)15-8-5-13(18)10-17(15)19-11/h3-10H,1-2H3. The van der Waals surface area contributed by atoms with Crippen molar-refractivity contribution >= 4 is 22.5 Å². The third-order valence-electron chi connectivity index (χ3n) is 3.30. The first-order valence-electron chi connectivity index (χ1n) is 6.39. The molecule has 2 aromatic carbocycles. The highest BCUT2D eigenvalue weighted by atomic mass is 35.5. The Morgan fingerprint density at radius 3 is 2.45 bits per heavy atom. The van der Waals surface area contributed by atoms with E-state index in [9.17, 15) is 0 Å². The number of halogens is 1. The molecule has 0 unspecified atom stereocenters. The average Bonchev–Trinajstić information content (AvgIpc) is 2.46. The Hall–Kier alpha value is -2.06. The minimum atomic E-state index is 0.705. The molecule has 0 fully saturated rings. The largest absolute Gasteiger partial charge is 0.497 e. The van der Waals surface area contributed by atoms with Gasteiger partial charge in [0.25, 0.3) is 0 Å². The first-order chi connectivity index (χ1) is 9.67.